The van der Waals surface area contributed by atoms with Crippen molar-refractivity contribution in [3.05, 3.63) is 212 Å². The third kappa shape index (κ3) is 4.14. The number of nitrogens with zero attached hydrogens (tertiary/aromatic N) is 5. The number of rotatable bonds is 2. The van der Waals surface area contributed by atoms with Crippen LogP contribution in [0.3, 0.4) is 0 Å². The Morgan fingerprint density at radius 1 is 0.185 bits per heavy atom. The lowest BCUT2D eigenvalue weighted by Gasteiger charge is -2.09. The van der Waals surface area contributed by atoms with Crippen LogP contribution in [0.2, 0.25) is 0 Å². The van der Waals surface area contributed by atoms with Crippen molar-refractivity contribution >= 4 is 126 Å². The highest BCUT2D eigenvalue weighted by molar-refractivity contribution is 6.26. The molecule has 0 aliphatic heterocycles. The van der Waals surface area contributed by atoms with Crippen LogP contribution in [0.15, 0.2) is 212 Å². The predicted molar refractivity (Wildman–Crippen MR) is 273 cm³/mol. The second-order valence-electron chi connectivity index (χ2n) is 17.7. The maximum atomic E-state index is 2.56. The number of hydrogen-bond donors (Lipinski definition) is 0. The minimum Gasteiger partial charge on any atom is -0.309 e. The molecular formula is C60H35N5. The Kier molecular flexibility index (Phi) is 6.24. The number of hydrogen-bond acceptors (Lipinski definition) is 0. The van der Waals surface area contributed by atoms with E-state index in [-0.39, 0.29) is 0 Å². The molecule has 0 saturated heterocycles. The standard InChI is InChI=1S/C60H35N5/c1-6-20-48-38(14-1)39-15-2-7-21-49(39)61(48)36-28-32-53-46(34-36)43-19-13-27-57-58(43)63(53)55-25-11-12-26-56(55)64-54-33-29-37(62-50-22-8-3-16-40(50)41-17-4-9-23-51(41)62)35-47(54)45-31-30-44-42-18-5-10-24-52(42)65(57)59(44)60(45)64/h1-35H. The molecule has 16 rings (SSSR count). The van der Waals surface area contributed by atoms with Crippen molar-refractivity contribution in [1.82, 2.24) is 22.3 Å². The van der Waals surface area contributed by atoms with Crippen LogP contribution in [0.4, 0.5) is 0 Å². The zero-order valence-electron chi connectivity index (χ0n) is 34.9. The predicted octanol–water partition coefficient (Wildman–Crippen LogP) is 15.6. The Hall–Kier alpha value is -8.80. The molecule has 0 aliphatic carbocycles. The van der Waals surface area contributed by atoms with Crippen molar-refractivity contribution < 1.29 is 0 Å². The third-order valence-electron chi connectivity index (χ3n) is 14.6. The Morgan fingerprint density at radius 2 is 0.492 bits per heavy atom. The van der Waals surface area contributed by atoms with Gasteiger partial charge in [-0.25, -0.2) is 0 Å². The lowest BCUT2D eigenvalue weighted by molar-refractivity contribution is 1.18. The summed E-state index contributed by atoms with van der Waals surface area (Å²) >= 11 is 0. The van der Waals surface area contributed by atoms with Gasteiger partial charge in [-0.15, -0.1) is 0 Å². The molecule has 0 aliphatic rings. The van der Waals surface area contributed by atoms with Crippen LogP contribution in [0, 0.1) is 0 Å². The quantitative estimate of drug-likeness (QED) is 0.166. The molecule has 5 heteroatoms. The molecular weight excluding hydrogens is 791 g/mol. The Morgan fingerprint density at radius 3 is 0.969 bits per heavy atom. The van der Waals surface area contributed by atoms with E-state index in [1.54, 1.807) is 0 Å². The van der Waals surface area contributed by atoms with Crippen LogP contribution in [0.5, 0.6) is 0 Å². The van der Waals surface area contributed by atoms with Crippen molar-refractivity contribution in [1.29, 1.82) is 0 Å². The maximum absolute atomic E-state index is 2.56. The highest BCUT2D eigenvalue weighted by atomic mass is 15.0. The molecule has 65 heavy (non-hydrogen) atoms. The van der Waals surface area contributed by atoms with Crippen molar-refractivity contribution in [3.63, 3.8) is 0 Å². The Balaban J connectivity index is 1.11. The van der Waals surface area contributed by atoms with Crippen LogP contribution in [-0.2, 0) is 0 Å². The van der Waals surface area contributed by atoms with Crippen molar-refractivity contribution in [2.75, 3.05) is 0 Å². The van der Waals surface area contributed by atoms with Crippen LogP contribution < -0.4 is 0 Å². The van der Waals surface area contributed by atoms with Gasteiger partial charge in [0.2, 0.25) is 0 Å². The van der Waals surface area contributed by atoms with Crippen molar-refractivity contribution in [2.24, 2.45) is 0 Å². The van der Waals surface area contributed by atoms with Gasteiger partial charge >= 0.3 is 0 Å². The minimum atomic E-state index is 1.14. The maximum Gasteiger partial charge on any atom is 0.0789 e. The molecule has 0 saturated carbocycles. The summed E-state index contributed by atoms with van der Waals surface area (Å²) in [7, 11) is 0. The van der Waals surface area contributed by atoms with E-state index in [9.17, 15) is 0 Å². The van der Waals surface area contributed by atoms with Crippen LogP contribution >= 0.6 is 0 Å². The molecule has 0 radical (unpaired) electrons. The van der Waals surface area contributed by atoms with Gasteiger partial charge in [0, 0.05) is 65.2 Å². The lowest BCUT2D eigenvalue weighted by atomic mass is 10.1. The van der Waals surface area contributed by atoms with Gasteiger partial charge < -0.3 is 22.3 Å². The first-order valence-corrected chi connectivity index (χ1v) is 22.4. The molecule has 0 spiro atoms. The number of fused-ring (bicyclic) bond motifs is 19. The first kappa shape index (κ1) is 33.8. The summed E-state index contributed by atoms with van der Waals surface area (Å²) in [6, 6.07) is 79.0. The van der Waals surface area contributed by atoms with Gasteiger partial charge in [-0.3, -0.25) is 0 Å². The summed E-state index contributed by atoms with van der Waals surface area (Å²) in [5.41, 5.74) is 17.7. The number of benzene rings is 10. The van der Waals surface area contributed by atoms with Gasteiger partial charge in [0.05, 0.1) is 71.7 Å². The van der Waals surface area contributed by atoms with Gasteiger partial charge in [-0.05, 0) is 84.9 Å². The Labute approximate surface area is 370 Å². The fourth-order valence-corrected chi connectivity index (χ4v) is 12.0. The SMILES string of the molecule is c1ccc2c(c1)c1ccccc1n2-c1ccc2c(c1)c1cccc3c1n2c1ccccc1n1c2ccc(-n4c5ccccc5c5ccccc54)cc2c2ccc4c5ccccc5n3c4c21. The first-order chi connectivity index (χ1) is 32.3. The zero-order chi connectivity index (χ0) is 42.1. The fourth-order valence-electron chi connectivity index (χ4n) is 12.0. The molecule has 5 nitrogen and oxygen atoms in total. The molecule has 0 amide bonds. The summed E-state index contributed by atoms with van der Waals surface area (Å²) < 4.78 is 12.5. The fraction of sp³-hybridized carbons (Fsp3) is 0. The van der Waals surface area contributed by atoms with Crippen LogP contribution in [-0.4, -0.2) is 22.3 Å². The second kappa shape index (κ2) is 12.0. The molecule has 0 atom stereocenters. The van der Waals surface area contributed by atoms with Gasteiger partial charge in [0.15, 0.2) is 0 Å². The highest BCUT2D eigenvalue weighted by Gasteiger charge is 2.23. The molecule has 10 aromatic carbocycles. The smallest absolute Gasteiger partial charge is 0.0789 e. The summed E-state index contributed by atoms with van der Waals surface area (Å²) in [5.74, 6) is 0. The van der Waals surface area contributed by atoms with E-state index in [1.807, 2.05) is 0 Å². The summed E-state index contributed by atoms with van der Waals surface area (Å²) in [5, 5.41) is 12.4. The van der Waals surface area contributed by atoms with Crippen molar-refractivity contribution in [3.8, 4) is 11.4 Å². The largest absolute Gasteiger partial charge is 0.309 e. The summed E-state index contributed by atoms with van der Waals surface area (Å²) in [6.45, 7) is 0. The molecule has 6 heterocycles. The summed E-state index contributed by atoms with van der Waals surface area (Å²) in [6.07, 6.45) is 0. The van der Waals surface area contributed by atoms with E-state index in [1.165, 1.54) is 109 Å². The third-order valence-corrected chi connectivity index (χ3v) is 14.6. The zero-order valence-corrected chi connectivity index (χ0v) is 34.9. The summed E-state index contributed by atoms with van der Waals surface area (Å²) in [4.78, 5) is 0. The number of aromatic nitrogens is 5. The van der Waals surface area contributed by atoms with E-state index in [0.717, 1.165) is 27.9 Å². The van der Waals surface area contributed by atoms with Gasteiger partial charge in [0.1, 0.15) is 0 Å². The second-order valence-corrected chi connectivity index (χ2v) is 17.7. The van der Waals surface area contributed by atoms with Gasteiger partial charge in [-0.2, -0.15) is 0 Å². The van der Waals surface area contributed by atoms with Gasteiger partial charge in [0.25, 0.3) is 0 Å². The highest BCUT2D eigenvalue weighted by Crippen LogP contribution is 2.44. The van der Waals surface area contributed by atoms with E-state index in [4.69, 9.17) is 0 Å². The van der Waals surface area contributed by atoms with E-state index >= 15 is 0 Å². The lowest BCUT2D eigenvalue weighted by Crippen LogP contribution is -1.94. The normalized spacial score (nSPS) is 12.6. The average molecular weight is 826 g/mol. The van der Waals surface area contributed by atoms with E-state index in [2.05, 4.69) is 235 Å². The monoisotopic (exact) mass is 825 g/mol. The van der Waals surface area contributed by atoms with E-state index < -0.39 is 0 Å². The molecule has 16 aromatic rings. The molecule has 0 fully saturated rings. The molecule has 0 unspecified atom stereocenters. The number of para-hydroxylation sites is 8. The van der Waals surface area contributed by atoms with Crippen LogP contribution in [0.25, 0.3) is 137 Å². The van der Waals surface area contributed by atoms with Crippen molar-refractivity contribution in [2.45, 2.75) is 0 Å². The average Bonchev–Trinajstić information content (AvgIpc) is 4.16. The molecule has 300 valence electrons. The topological polar surface area (TPSA) is 23.1 Å². The minimum absolute atomic E-state index is 1.14. The Bertz CT molecular complexity index is 4670. The van der Waals surface area contributed by atoms with E-state index in [0.29, 0.717) is 0 Å². The first-order valence-electron chi connectivity index (χ1n) is 22.4. The molecule has 0 bridgehead atoms. The molecule has 0 N–H and O–H groups in total. The van der Waals surface area contributed by atoms with Crippen LogP contribution in [0.1, 0.15) is 0 Å². The molecule has 6 aromatic heterocycles. The van der Waals surface area contributed by atoms with Gasteiger partial charge in [-0.1, -0.05) is 127 Å².